The molecule has 2 unspecified atom stereocenters. The topological polar surface area (TPSA) is 15.3 Å². The lowest BCUT2D eigenvalue weighted by Gasteiger charge is -2.49. The molecule has 1 saturated heterocycles. The van der Waals surface area contributed by atoms with Gasteiger partial charge in [-0.25, -0.2) is 0 Å². The number of nitrogens with one attached hydrogen (secondary N) is 1. The highest BCUT2D eigenvalue weighted by Gasteiger charge is 2.40. The Morgan fingerprint density at radius 2 is 2.11 bits per heavy atom. The Morgan fingerprint density at radius 1 is 1.33 bits per heavy atom. The average molecular weight is 270 g/mol. The summed E-state index contributed by atoms with van der Waals surface area (Å²) in [6.45, 7) is 8.44. The molecule has 1 aliphatic heterocycles. The second kappa shape index (κ2) is 6.62. The summed E-state index contributed by atoms with van der Waals surface area (Å²) in [6, 6.07) is 1.50. The molecule has 0 aromatic heterocycles. The van der Waals surface area contributed by atoms with Gasteiger partial charge >= 0.3 is 0 Å². The summed E-state index contributed by atoms with van der Waals surface area (Å²) in [4.78, 5) is 2.80. The summed E-state index contributed by atoms with van der Waals surface area (Å²) in [5, 5.41) is 3.74. The van der Waals surface area contributed by atoms with E-state index in [1.807, 2.05) is 0 Å². The van der Waals surface area contributed by atoms with E-state index in [1.165, 1.54) is 58.2 Å². The van der Waals surface area contributed by atoms with Crippen molar-refractivity contribution < 1.29 is 0 Å². The van der Waals surface area contributed by atoms with Crippen molar-refractivity contribution in [3.05, 3.63) is 0 Å². The Kier molecular flexibility index (Phi) is 5.40. The fraction of sp³-hybridized carbons (Fsp3) is 1.00. The van der Waals surface area contributed by atoms with Gasteiger partial charge in [0.05, 0.1) is 0 Å². The van der Waals surface area contributed by atoms with Crippen molar-refractivity contribution >= 4 is 11.8 Å². The number of hydrogen-bond donors (Lipinski definition) is 1. The highest BCUT2D eigenvalue weighted by Crippen LogP contribution is 2.43. The lowest BCUT2D eigenvalue weighted by atomic mass is 9.83. The number of rotatable bonds is 6. The van der Waals surface area contributed by atoms with Gasteiger partial charge in [-0.2, -0.15) is 11.8 Å². The van der Waals surface area contributed by atoms with Gasteiger partial charge in [-0.15, -0.1) is 0 Å². The Labute approximate surface area is 117 Å². The van der Waals surface area contributed by atoms with Crippen LogP contribution in [0.25, 0.3) is 0 Å². The predicted molar refractivity (Wildman–Crippen MR) is 82.4 cm³/mol. The minimum absolute atomic E-state index is 0.599. The van der Waals surface area contributed by atoms with E-state index in [0.29, 0.717) is 4.75 Å². The van der Waals surface area contributed by atoms with E-state index in [1.54, 1.807) is 0 Å². The van der Waals surface area contributed by atoms with E-state index >= 15 is 0 Å². The molecule has 1 N–H and O–H groups in total. The largest absolute Gasteiger partial charge is 0.311 e. The molecule has 3 heteroatoms. The molecule has 2 nitrogen and oxygen atoms in total. The molecule has 0 bridgehead atoms. The first kappa shape index (κ1) is 14.7. The Balaban J connectivity index is 1.93. The van der Waals surface area contributed by atoms with Crippen LogP contribution in [-0.4, -0.2) is 47.6 Å². The smallest absolute Gasteiger partial charge is 0.0284 e. The monoisotopic (exact) mass is 270 g/mol. The van der Waals surface area contributed by atoms with Crippen LogP contribution >= 0.6 is 11.8 Å². The first-order chi connectivity index (χ1) is 8.73. The zero-order valence-corrected chi connectivity index (χ0v) is 13.2. The number of thioether (sulfide) groups is 1. The average Bonchev–Trinajstić information content (AvgIpc) is 2.34. The van der Waals surface area contributed by atoms with Crippen LogP contribution in [0.15, 0.2) is 0 Å². The summed E-state index contributed by atoms with van der Waals surface area (Å²) in [6.07, 6.45) is 10.6. The van der Waals surface area contributed by atoms with Crippen molar-refractivity contribution in [2.45, 2.75) is 69.2 Å². The van der Waals surface area contributed by atoms with Crippen molar-refractivity contribution in [3.8, 4) is 0 Å². The molecule has 0 amide bonds. The van der Waals surface area contributed by atoms with Gasteiger partial charge in [0.25, 0.3) is 0 Å². The van der Waals surface area contributed by atoms with E-state index in [2.05, 4.69) is 42.1 Å². The van der Waals surface area contributed by atoms with E-state index in [4.69, 9.17) is 0 Å². The summed E-state index contributed by atoms with van der Waals surface area (Å²) in [5.74, 6) is 0. The van der Waals surface area contributed by atoms with Crippen LogP contribution in [0.3, 0.4) is 0 Å². The van der Waals surface area contributed by atoms with E-state index in [-0.39, 0.29) is 0 Å². The van der Waals surface area contributed by atoms with Gasteiger partial charge in [-0.3, -0.25) is 4.90 Å². The lowest BCUT2D eigenvalue weighted by molar-refractivity contribution is 0.0955. The summed E-state index contributed by atoms with van der Waals surface area (Å²) < 4.78 is 0.599. The highest BCUT2D eigenvalue weighted by molar-refractivity contribution is 8.00. The summed E-state index contributed by atoms with van der Waals surface area (Å²) in [7, 11) is 0. The van der Waals surface area contributed by atoms with E-state index in [0.717, 1.165) is 12.1 Å². The maximum atomic E-state index is 3.74. The summed E-state index contributed by atoms with van der Waals surface area (Å²) in [5.41, 5.74) is 0. The fourth-order valence-electron chi connectivity index (χ4n) is 3.43. The number of piperazine rings is 1. The van der Waals surface area contributed by atoms with Gasteiger partial charge in [0.2, 0.25) is 0 Å². The van der Waals surface area contributed by atoms with Crippen molar-refractivity contribution in [1.82, 2.24) is 10.2 Å². The van der Waals surface area contributed by atoms with Gasteiger partial charge in [-0.05, 0) is 31.9 Å². The number of nitrogens with zero attached hydrogens (tertiary/aromatic N) is 1. The molecule has 2 rings (SSSR count). The number of hydrogen-bond acceptors (Lipinski definition) is 3. The molecule has 1 aliphatic carbocycles. The molecule has 2 fully saturated rings. The first-order valence-electron chi connectivity index (χ1n) is 7.75. The zero-order chi connectivity index (χ0) is 13.0. The predicted octanol–water partition coefficient (Wildman–Crippen LogP) is 3.12. The molecule has 0 aromatic carbocycles. The molecule has 18 heavy (non-hydrogen) atoms. The first-order valence-corrected chi connectivity index (χ1v) is 8.98. The highest BCUT2D eigenvalue weighted by atomic mass is 32.2. The van der Waals surface area contributed by atoms with Crippen LogP contribution in [0.2, 0.25) is 0 Å². The Bertz CT molecular complexity index is 247. The molecule has 0 aromatic rings. The molecule has 2 aliphatic rings. The third kappa shape index (κ3) is 3.23. The van der Waals surface area contributed by atoms with Crippen LogP contribution in [0.4, 0.5) is 0 Å². The summed E-state index contributed by atoms with van der Waals surface area (Å²) >= 11 is 2.12. The van der Waals surface area contributed by atoms with Crippen molar-refractivity contribution in [3.63, 3.8) is 0 Å². The SMILES string of the molecule is CCCC1CN(CC2(SC)CCC2)C(CC)CN1. The third-order valence-corrected chi connectivity index (χ3v) is 6.31. The van der Waals surface area contributed by atoms with Gasteiger partial charge in [0, 0.05) is 36.5 Å². The third-order valence-electron chi connectivity index (χ3n) is 4.91. The lowest BCUT2D eigenvalue weighted by Crippen LogP contribution is -2.60. The standard InChI is InChI=1S/C15H30N2S/c1-4-7-13-11-17(14(5-2)10-16-13)12-15(18-3)8-6-9-15/h13-14,16H,4-12H2,1-3H3. The van der Waals surface area contributed by atoms with Gasteiger partial charge in [0.15, 0.2) is 0 Å². The molecule has 0 spiro atoms. The maximum Gasteiger partial charge on any atom is 0.0284 e. The van der Waals surface area contributed by atoms with Crippen molar-refractivity contribution in [2.24, 2.45) is 0 Å². The molecule has 106 valence electrons. The van der Waals surface area contributed by atoms with Crippen LogP contribution < -0.4 is 5.32 Å². The molecular formula is C15H30N2S. The Morgan fingerprint density at radius 3 is 2.61 bits per heavy atom. The second-order valence-electron chi connectivity index (χ2n) is 6.13. The van der Waals surface area contributed by atoms with Gasteiger partial charge in [0.1, 0.15) is 0 Å². The van der Waals surface area contributed by atoms with E-state index < -0.39 is 0 Å². The zero-order valence-electron chi connectivity index (χ0n) is 12.4. The Hall–Kier alpha value is 0.270. The molecule has 0 radical (unpaired) electrons. The van der Waals surface area contributed by atoms with E-state index in [9.17, 15) is 0 Å². The van der Waals surface area contributed by atoms with Crippen LogP contribution in [-0.2, 0) is 0 Å². The molecule has 1 heterocycles. The maximum absolute atomic E-state index is 3.74. The van der Waals surface area contributed by atoms with Crippen LogP contribution in [0.1, 0.15) is 52.4 Å². The minimum atomic E-state index is 0.599. The van der Waals surface area contributed by atoms with Gasteiger partial charge < -0.3 is 5.32 Å². The molecular weight excluding hydrogens is 240 g/mol. The van der Waals surface area contributed by atoms with Gasteiger partial charge in [-0.1, -0.05) is 26.7 Å². The second-order valence-corrected chi connectivity index (χ2v) is 7.40. The molecule has 2 atom stereocenters. The minimum Gasteiger partial charge on any atom is -0.311 e. The van der Waals surface area contributed by atoms with Crippen molar-refractivity contribution in [1.29, 1.82) is 0 Å². The quantitative estimate of drug-likeness (QED) is 0.798. The molecule has 1 saturated carbocycles. The normalized spacial score (nSPS) is 32.2. The fourth-order valence-corrected chi connectivity index (χ4v) is 4.43. The van der Waals surface area contributed by atoms with Crippen LogP contribution in [0, 0.1) is 0 Å². The van der Waals surface area contributed by atoms with Crippen molar-refractivity contribution in [2.75, 3.05) is 25.9 Å². The van der Waals surface area contributed by atoms with Crippen LogP contribution in [0.5, 0.6) is 0 Å².